The third kappa shape index (κ3) is 4.66. The van der Waals surface area contributed by atoms with Crippen molar-refractivity contribution in [1.29, 1.82) is 0 Å². The minimum Gasteiger partial charge on any atom is -0.484 e. The fourth-order valence-corrected chi connectivity index (χ4v) is 2.05. The number of carbonyl (C=O) groups is 1. The molecule has 2 rings (SSSR count). The summed E-state index contributed by atoms with van der Waals surface area (Å²) in [5.41, 5.74) is 1.09. The topological polar surface area (TPSA) is 66.0 Å². The zero-order valence-corrected chi connectivity index (χ0v) is 12.6. The summed E-state index contributed by atoms with van der Waals surface area (Å²) in [6, 6.07) is 7.72. The first kappa shape index (κ1) is 15.2. The molecule has 1 aliphatic rings. The molecule has 0 spiro atoms. The highest BCUT2D eigenvalue weighted by molar-refractivity contribution is 5.81. The van der Waals surface area contributed by atoms with E-state index in [4.69, 9.17) is 4.74 Å². The van der Waals surface area contributed by atoms with E-state index >= 15 is 0 Å². The number of aliphatic imine (C=N–C) groups is 1. The second-order valence-corrected chi connectivity index (χ2v) is 4.87. The van der Waals surface area contributed by atoms with E-state index in [1.165, 1.54) is 0 Å². The van der Waals surface area contributed by atoms with Crippen LogP contribution in [0.15, 0.2) is 29.3 Å². The van der Waals surface area contributed by atoms with Crippen LogP contribution in [0.1, 0.15) is 12.5 Å². The number of hydrogen-bond acceptors (Lipinski definition) is 5. The van der Waals surface area contributed by atoms with Crippen LogP contribution >= 0.6 is 0 Å². The summed E-state index contributed by atoms with van der Waals surface area (Å²) in [6.45, 7) is 5.02. The van der Waals surface area contributed by atoms with Gasteiger partial charge in [0, 0.05) is 26.7 Å². The van der Waals surface area contributed by atoms with Crippen LogP contribution in [-0.2, 0) is 11.3 Å². The zero-order chi connectivity index (χ0) is 15.1. The number of carbonyl (C=O) groups excluding carboxylic acids is 1. The summed E-state index contributed by atoms with van der Waals surface area (Å²) in [5.74, 6) is 1.51. The average molecular weight is 290 g/mol. The fourth-order valence-electron chi connectivity index (χ4n) is 2.05. The van der Waals surface area contributed by atoms with Crippen molar-refractivity contribution in [3.8, 4) is 5.75 Å². The van der Waals surface area contributed by atoms with E-state index in [-0.39, 0.29) is 12.5 Å². The number of hydrogen-bond donors (Lipinski definition) is 2. The summed E-state index contributed by atoms with van der Waals surface area (Å²) in [7, 11) is 2.02. The number of nitrogens with zero attached hydrogens (tertiary/aromatic N) is 2. The molecule has 6 nitrogen and oxygen atoms in total. The number of guanidine groups is 1. The number of nitrogens with one attached hydrogen (secondary N) is 2. The summed E-state index contributed by atoms with van der Waals surface area (Å²) >= 11 is 0. The van der Waals surface area contributed by atoms with Crippen molar-refractivity contribution in [1.82, 2.24) is 15.5 Å². The van der Waals surface area contributed by atoms with Gasteiger partial charge in [-0.25, -0.2) is 0 Å². The van der Waals surface area contributed by atoms with Crippen molar-refractivity contribution in [2.45, 2.75) is 13.5 Å². The Bertz CT molecular complexity index is 516. The van der Waals surface area contributed by atoms with Gasteiger partial charge >= 0.3 is 0 Å². The van der Waals surface area contributed by atoms with Crippen LogP contribution in [0.25, 0.3) is 0 Å². The van der Waals surface area contributed by atoms with E-state index < -0.39 is 0 Å². The molecule has 0 unspecified atom stereocenters. The average Bonchev–Trinajstić information content (AvgIpc) is 2.89. The number of benzene rings is 1. The molecule has 0 saturated carbocycles. The van der Waals surface area contributed by atoms with E-state index in [1.807, 2.05) is 38.2 Å². The number of rotatable bonds is 6. The molecule has 0 fully saturated rings. The molecule has 6 heteroatoms. The predicted molar refractivity (Wildman–Crippen MR) is 82.4 cm³/mol. The number of likely N-dealkylation sites (N-methyl/N-ethyl adjacent to an activating group) is 2. The van der Waals surface area contributed by atoms with Crippen molar-refractivity contribution in [3.05, 3.63) is 29.8 Å². The third-order valence-corrected chi connectivity index (χ3v) is 3.15. The van der Waals surface area contributed by atoms with Crippen LogP contribution in [0, 0.1) is 0 Å². The quantitative estimate of drug-likeness (QED) is 0.805. The Kier molecular flexibility index (Phi) is 5.43. The van der Waals surface area contributed by atoms with E-state index in [1.54, 1.807) is 0 Å². The standard InChI is InChI=1S/C15H22N4O2/c1-3-16-14(20)11-21-13-6-4-5-12(9-13)10-18-15-17-7-8-19(15)2/h4-6,9H,3,7-8,10-11H2,1-2H3,(H,16,20)(H,17,18). The Labute approximate surface area is 125 Å². The van der Waals surface area contributed by atoms with Gasteiger partial charge < -0.3 is 20.3 Å². The fraction of sp³-hybridized carbons (Fsp3) is 0.467. The van der Waals surface area contributed by atoms with Gasteiger partial charge in [-0.05, 0) is 24.6 Å². The normalized spacial score (nSPS) is 13.8. The molecule has 0 aromatic heterocycles. The van der Waals surface area contributed by atoms with Gasteiger partial charge in [0.15, 0.2) is 12.6 Å². The molecule has 21 heavy (non-hydrogen) atoms. The van der Waals surface area contributed by atoms with E-state index in [0.29, 0.717) is 18.8 Å². The highest BCUT2D eigenvalue weighted by Gasteiger charge is 2.11. The first-order valence-electron chi connectivity index (χ1n) is 7.17. The summed E-state index contributed by atoms with van der Waals surface area (Å²) in [6.07, 6.45) is 0. The zero-order valence-electron chi connectivity index (χ0n) is 12.6. The lowest BCUT2D eigenvalue weighted by Crippen LogP contribution is -2.35. The molecule has 1 amide bonds. The second kappa shape index (κ2) is 7.52. The molecule has 2 N–H and O–H groups in total. The smallest absolute Gasteiger partial charge is 0.257 e. The van der Waals surface area contributed by atoms with Crippen LogP contribution in [0.3, 0.4) is 0 Å². The van der Waals surface area contributed by atoms with Crippen LogP contribution in [-0.4, -0.2) is 50.1 Å². The maximum absolute atomic E-state index is 11.4. The molecule has 1 aromatic carbocycles. The highest BCUT2D eigenvalue weighted by Crippen LogP contribution is 2.13. The molecule has 0 bridgehead atoms. The molecule has 1 aromatic rings. The van der Waals surface area contributed by atoms with Gasteiger partial charge in [-0.15, -0.1) is 0 Å². The molecule has 0 radical (unpaired) electrons. The number of amides is 1. The van der Waals surface area contributed by atoms with Crippen molar-refractivity contribution in [2.24, 2.45) is 4.99 Å². The second-order valence-electron chi connectivity index (χ2n) is 4.87. The van der Waals surface area contributed by atoms with Crippen LogP contribution in [0.5, 0.6) is 5.75 Å². The van der Waals surface area contributed by atoms with Gasteiger partial charge in [0.2, 0.25) is 0 Å². The van der Waals surface area contributed by atoms with E-state index in [9.17, 15) is 4.79 Å². The van der Waals surface area contributed by atoms with Crippen molar-refractivity contribution in [2.75, 3.05) is 33.3 Å². The third-order valence-electron chi connectivity index (χ3n) is 3.15. The van der Waals surface area contributed by atoms with Crippen LogP contribution in [0.2, 0.25) is 0 Å². The largest absolute Gasteiger partial charge is 0.484 e. The maximum Gasteiger partial charge on any atom is 0.257 e. The lowest BCUT2D eigenvalue weighted by Gasteiger charge is -2.15. The molecule has 0 saturated heterocycles. The Balaban J connectivity index is 1.84. The predicted octanol–water partition coefficient (Wildman–Crippen LogP) is 0.593. The molecular weight excluding hydrogens is 268 g/mol. The Morgan fingerprint density at radius 2 is 2.33 bits per heavy atom. The maximum atomic E-state index is 11.4. The lowest BCUT2D eigenvalue weighted by atomic mass is 10.2. The van der Waals surface area contributed by atoms with E-state index in [0.717, 1.165) is 24.6 Å². The minimum absolute atomic E-state index is 0.0418. The van der Waals surface area contributed by atoms with Gasteiger partial charge in [0.1, 0.15) is 5.75 Å². The first-order valence-corrected chi connectivity index (χ1v) is 7.17. The van der Waals surface area contributed by atoms with Gasteiger partial charge in [-0.2, -0.15) is 0 Å². The van der Waals surface area contributed by atoms with Gasteiger partial charge in [0.05, 0.1) is 6.54 Å². The summed E-state index contributed by atoms with van der Waals surface area (Å²) in [5, 5.41) is 6.00. The van der Waals surface area contributed by atoms with Gasteiger partial charge in [0.25, 0.3) is 5.91 Å². The summed E-state index contributed by atoms with van der Waals surface area (Å²) < 4.78 is 5.47. The molecule has 0 atom stereocenters. The minimum atomic E-state index is -0.108. The molecule has 114 valence electrons. The highest BCUT2D eigenvalue weighted by atomic mass is 16.5. The Morgan fingerprint density at radius 3 is 3.05 bits per heavy atom. The molecule has 1 heterocycles. The van der Waals surface area contributed by atoms with Crippen LogP contribution in [0.4, 0.5) is 0 Å². The lowest BCUT2D eigenvalue weighted by molar-refractivity contribution is -0.122. The van der Waals surface area contributed by atoms with Gasteiger partial charge in [-0.3, -0.25) is 9.79 Å². The van der Waals surface area contributed by atoms with Gasteiger partial charge in [-0.1, -0.05) is 12.1 Å². The summed E-state index contributed by atoms with van der Waals surface area (Å²) in [4.78, 5) is 17.8. The number of ether oxygens (including phenoxy) is 1. The van der Waals surface area contributed by atoms with Crippen molar-refractivity contribution in [3.63, 3.8) is 0 Å². The molecular formula is C15H22N4O2. The van der Waals surface area contributed by atoms with Crippen molar-refractivity contribution < 1.29 is 9.53 Å². The molecule has 0 aliphatic carbocycles. The SMILES string of the molecule is CCNC(=O)COc1cccc(CNC2=NCCN2C)c1. The van der Waals surface area contributed by atoms with Crippen molar-refractivity contribution >= 4 is 11.9 Å². The first-order chi connectivity index (χ1) is 10.2. The Hall–Kier alpha value is -2.24. The van der Waals surface area contributed by atoms with Crippen LogP contribution < -0.4 is 15.4 Å². The monoisotopic (exact) mass is 290 g/mol. The van der Waals surface area contributed by atoms with E-state index in [2.05, 4.69) is 20.5 Å². The molecule has 1 aliphatic heterocycles. The Morgan fingerprint density at radius 1 is 1.48 bits per heavy atom.